The largest absolute Gasteiger partial charge is 0.491 e. The molecular formula is C26H45NO5S. The number of unbranched alkanes of at least 4 members (excludes halogenated alkanes) is 15. The molecule has 7 heteroatoms. The molecule has 1 rings (SSSR count). The summed E-state index contributed by atoms with van der Waals surface area (Å²) in [6, 6.07) is 3.93. The Kier molecular flexibility index (Phi) is 15.9. The van der Waals surface area contributed by atoms with Crippen LogP contribution in [0.15, 0.2) is 23.1 Å². The molecule has 1 amide bonds. The smallest absolute Gasteiger partial charge is 0.294 e. The van der Waals surface area contributed by atoms with Gasteiger partial charge in [-0.25, -0.2) is 0 Å². The standard InChI is InChI=1S/C26H45NO5S/c1-3-4-5-6-7-8-9-10-11-12-13-14-15-16-17-18-21-32-26-20-19-24(33(29,30)31)22-25(26)27-23(2)28/h19-20,22H,3-18,21H2,1-2H3,(H,27,28)(H,29,30,31). The van der Waals surface area contributed by atoms with E-state index in [2.05, 4.69) is 12.2 Å². The van der Waals surface area contributed by atoms with Crippen LogP contribution in [-0.2, 0) is 14.9 Å². The van der Waals surface area contributed by atoms with Crippen LogP contribution in [0.1, 0.15) is 117 Å². The SMILES string of the molecule is CCCCCCCCCCCCCCCCCCOc1ccc(S(=O)(=O)O)cc1NC(C)=O. The molecule has 0 radical (unpaired) electrons. The third-order valence-electron chi connectivity index (χ3n) is 5.82. The second-order valence-electron chi connectivity index (χ2n) is 8.97. The average Bonchev–Trinajstić information content (AvgIpc) is 2.75. The number of hydrogen-bond donors (Lipinski definition) is 2. The summed E-state index contributed by atoms with van der Waals surface area (Å²) in [5.74, 6) is 0.0632. The molecule has 6 nitrogen and oxygen atoms in total. The summed E-state index contributed by atoms with van der Waals surface area (Å²) in [5, 5.41) is 2.55. The summed E-state index contributed by atoms with van der Waals surface area (Å²) in [6.45, 7) is 4.09. The number of amides is 1. The molecule has 0 heterocycles. The lowest BCUT2D eigenvalue weighted by Gasteiger charge is -2.13. The van der Waals surface area contributed by atoms with E-state index in [-0.39, 0.29) is 16.5 Å². The third-order valence-corrected chi connectivity index (χ3v) is 6.66. The van der Waals surface area contributed by atoms with Gasteiger partial charge in [-0.05, 0) is 24.6 Å². The van der Waals surface area contributed by atoms with E-state index in [1.165, 1.54) is 115 Å². The van der Waals surface area contributed by atoms with Gasteiger partial charge in [0.1, 0.15) is 5.75 Å². The molecule has 0 aliphatic heterocycles. The van der Waals surface area contributed by atoms with Gasteiger partial charge in [-0.15, -0.1) is 0 Å². The number of hydrogen-bond acceptors (Lipinski definition) is 4. The first kappa shape index (κ1) is 29.4. The molecular weight excluding hydrogens is 438 g/mol. The van der Waals surface area contributed by atoms with Gasteiger partial charge in [0, 0.05) is 6.92 Å². The zero-order chi connectivity index (χ0) is 24.4. The first-order valence-corrected chi connectivity index (χ1v) is 14.3. The van der Waals surface area contributed by atoms with Crippen molar-refractivity contribution in [2.24, 2.45) is 0 Å². The quantitative estimate of drug-likeness (QED) is 0.148. The molecule has 0 aliphatic rings. The minimum absolute atomic E-state index is 0.245. The summed E-state index contributed by atoms with van der Waals surface area (Å²) in [7, 11) is -4.34. The Morgan fingerprint density at radius 2 is 1.27 bits per heavy atom. The van der Waals surface area contributed by atoms with E-state index in [4.69, 9.17) is 4.74 Å². The third kappa shape index (κ3) is 15.0. The predicted molar refractivity (Wildman–Crippen MR) is 136 cm³/mol. The van der Waals surface area contributed by atoms with Crippen molar-refractivity contribution in [2.75, 3.05) is 11.9 Å². The van der Waals surface area contributed by atoms with Crippen LogP contribution in [0.2, 0.25) is 0 Å². The highest BCUT2D eigenvalue weighted by Crippen LogP contribution is 2.28. The number of benzene rings is 1. The van der Waals surface area contributed by atoms with Crippen molar-refractivity contribution in [1.82, 2.24) is 0 Å². The molecule has 0 spiro atoms. The highest BCUT2D eigenvalue weighted by molar-refractivity contribution is 7.85. The van der Waals surface area contributed by atoms with Crippen molar-refractivity contribution < 1.29 is 22.5 Å². The molecule has 0 aromatic heterocycles. The van der Waals surface area contributed by atoms with E-state index >= 15 is 0 Å². The number of rotatable bonds is 20. The van der Waals surface area contributed by atoms with Gasteiger partial charge in [-0.3, -0.25) is 9.35 Å². The fourth-order valence-electron chi connectivity index (χ4n) is 3.92. The van der Waals surface area contributed by atoms with Crippen molar-refractivity contribution in [3.63, 3.8) is 0 Å². The van der Waals surface area contributed by atoms with Gasteiger partial charge in [0.15, 0.2) is 0 Å². The second-order valence-corrected chi connectivity index (χ2v) is 10.4. The van der Waals surface area contributed by atoms with Crippen LogP contribution in [0, 0.1) is 0 Å². The molecule has 0 aliphatic carbocycles. The van der Waals surface area contributed by atoms with E-state index in [9.17, 15) is 17.8 Å². The molecule has 0 fully saturated rings. The van der Waals surface area contributed by atoms with Crippen LogP contribution < -0.4 is 10.1 Å². The van der Waals surface area contributed by atoms with Crippen LogP contribution in [0.25, 0.3) is 0 Å². The van der Waals surface area contributed by atoms with Crippen molar-refractivity contribution in [3.05, 3.63) is 18.2 Å². The predicted octanol–water partition coefficient (Wildman–Crippen LogP) is 7.53. The zero-order valence-electron chi connectivity index (χ0n) is 20.7. The molecule has 33 heavy (non-hydrogen) atoms. The molecule has 0 saturated heterocycles. The maximum atomic E-state index is 11.4. The van der Waals surface area contributed by atoms with E-state index in [0.29, 0.717) is 12.4 Å². The van der Waals surface area contributed by atoms with Crippen molar-refractivity contribution in [1.29, 1.82) is 0 Å². The molecule has 0 bridgehead atoms. The first-order valence-electron chi connectivity index (χ1n) is 12.9. The van der Waals surface area contributed by atoms with Gasteiger partial charge in [0.25, 0.3) is 10.1 Å². The minimum Gasteiger partial charge on any atom is -0.491 e. The van der Waals surface area contributed by atoms with Crippen molar-refractivity contribution in [3.8, 4) is 5.75 Å². The lowest BCUT2D eigenvalue weighted by atomic mass is 10.0. The highest BCUT2D eigenvalue weighted by atomic mass is 32.2. The summed E-state index contributed by atoms with van der Waals surface area (Å²) in [4.78, 5) is 11.1. The number of ether oxygens (including phenoxy) is 1. The van der Waals surface area contributed by atoms with E-state index in [1.54, 1.807) is 0 Å². The lowest BCUT2D eigenvalue weighted by Crippen LogP contribution is -2.10. The number of anilines is 1. The maximum absolute atomic E-state index is 11.4. The normalized spacial score (nSPS) is 11.5. The maximum Gasteiger partial charge on any atom is 0.294 e. The van der Waals surface area contributed by atoms with Gasteiger partial charge in [-0.1, -0.05) is 103 Å². The minimum atomic E-state index is -4.34. The highest BCUT2D eigenvalue weighted by Gasteiger charge is 2.14. The molecule has 0 saturated carbocycles. The fraction of sp³-hybridized carbons (Fsp3) is 0.731. The topological polar surface area (TPSA) is 92.7 Å². The zero-order valence-corrected chi connectivity index (χ0v) is 21.6. The molecule has 1 aromatic rings. The fourth-order valence-corrected chi connectivity index (χ4v) is 4.42. The molecule has 0 atom stereocenters. The van der Waals surface area contributed by atoms with Crippen molar-refractivity contribution >= 4 is 21.7 Å². The second kappa shape index (κ2) is 17.8. The van der Waals surface area contributed by atoms with E-state index < -0.39 is 10.1 Å². The Morgan fingerprint density at radius 1 is 0.818 bits per heavy atom. The molecule has 2 N–H and O–H groups in total. The molecule has 190 valence electrons. The Hall–Kier alpha value is -1.60. The van der Waals surface area contributed by atoms with Gasteiger partial charge in [-0.2, -0.15) is 8.42 Å². The van der Waals surface area contributed by atoms with Crippen LogP contribution in [0.4, 0.5) is 5.69 Å². The average molecular weight is 484 g/mol. The Bertz CT molecular complexity index is 764. The number of carbonyl (C=O) groups is 1. The summed E-state index contributed by atoms with van der Waals surface area (Å²) in [6.07, 6.45) is 20.9. The Morgan fingerprint density at radius 3 is 1.70 bits per heavy atom. The lowest BCUT2D eigenvalue weighted by molar-refractivity contribution is -0.114. The summed E-state index contributed by atoms with van der Waals surface area (Å²) < 4.78 is 37.5. The number of carbonyl (C=O) groups excluding carboxylic acids is 1. The van der Waals surface area contributed by atoms with Crippen LogP contribution in [0.3, 0.4) is 0 Å². The Balaban J connectivity index is 2.07. The Labute approximate surface area is 201 Å². The number of nitrogens with one attached hydrogen (secondary N) is 1. The van der Waals surface area contributed by atoms with Gasteiger partial charge >= 0.3 is 0 Å². The molecule has 0 unspecified atom stereocenters. The van der Waals surface area contributed by atoms with Gasteiger partial charge < -0.3 is 10.1 Å². The monoisotopic (exact) mass is 483 g/mol. The molecule has 1 aromatic carbocycles. The van der Waals surface area contributed by atoms with E-state index in [0.717, 1.165) is 12.8 Å². The van der Waals surface area contributed by atoms with Crippen LogP contribution in [-0.4, -0.2) is 25.5 Å². The van der Waals surface area contributed by atoms with Gasteiger partial charge in [0.05, 0.1) is 17.2 Å². The van der Waals surface area contributed by atoms with Crippen molar-refractivity contribution in [2.45, 2.75) is 121 Å². The van der Waals surface area contributed by atoms with Crippen LogP contribution in [0.5, 0.6) is 5.75 Å². The first-order chi connectivity index (χ1) is 15.8. The van der Waals surface area contributed by atoms with Gasteiger partial charge in [0.2, 0.25) is 5.91 Å². The summed E-state index contributed by atoms with van der Waals surface area (Å²) in [5.41, 5.74) is 0.245. The van der Waals surface area contributed by atoms with Crippen LogP contribution >= 0.6 is 0 Å². The van der Waals surface area contributed by atoms with E-state index in [1.807, 2.05) is 0 Å². The summed E-state index contributed by atoms with van der Waals surface area (Å²) >= 11 is 0.